The predicted octanol–water partition coefficient (Wildman–Crippen LogP) is 5.56. The molecule has 0 bridgehead atoms. The normalized spacial score (nSPS) is 20.5. The first-order valence-corrected chi connectivity index (χ1v) is 15.1. The molecule has 1 heterocycles. The van der Waals surface area contributed by atoms with Crippen LogP contribution in [0.15, 0.2) is 29.2 Å². The summed E-state index contributed by atoms with van der Waals surface area (Å²) in [7, 11) is -4.56. The lowest BCUT2D eigenvalue weighted by molar-refractivity contribution is -0.145. The van der Waals surface area contributed by atoms with E-state index >= 15 is 4.39 Å². The molecule has 0 spiro atoms. The topological polar surface area (TPSA) is 118 Å². The van der Waals surface area contributed by atoms with E-state index in [1.807, 2.05) is 0 Å². The number of amides is 1. The summed E-state index contributed by atoms with van der Waals surface area (Å²) < 4.78 is 87.6. The van der Waals surface area contributed by atoms with E-state index in [1.54, 1.807) is 0 Å². The summed E-state index contributed by atoms with van der Waals surface area (Å²) in [5.41, 5.74) is -2.87. The van der Waals surface area contributed by atoms with Gasteiger partial charge in [-0.2, -0.15) is 17.6 Å². The molecule has 13 heteroatoms. The van der Waals surface area contributed by atoms with Gasteiger partial charge in [0.2, 0.25) is 16.0 Å². The number of nitrogens with one attached hydrogen (secondary N) is 2. The highest BCUT2D eigenvalue weighted by atomic mass is 32.2. The second-order valence-electron chi connectivity index (χ2n) is 12.1. The molecule has 2 aromatic rings. The molecular weight excluding hydrogens is 566 g/mol. The number of carbonyl (C=O) groups is 2. The van der Waals surface area contributed by atoms with Gasteiger partial charge in [0.05, 0.1) is 27.6 Å². The van der Waals surface area contributed by atoms with Gasteiger partial charge in [0.1, 0.15) is 0 Å². The van der Waals surface area contributed by atoms with Gasteiger partial charge in [-0.3, -0.25) is 9.59 Å². The minimum Gasteiger partial charge on any atom is -0.481 e. The van der Waals surface area contributed by atoms with Crippen LogP contribution in [0, 0.1) is 17.8 Å². The largest absolute Gasteiger partial charge is 0.481 e. The number of nitrogens with zero attached hydrogens (tertiary/aromatic N) is 1. The lowest BCUT2D eigenvalue weighted by Crippen LogP contribution is -2.46. The van der Waals surface area contributed by atoms with E-state index in [1.165, 1.54) is 37.5 Å². The molecule has 2 fully saturated rings. The molecule has 1 amide bonds. The third kappa shape index (κ3) is 7.11. The van der Waals surface area contributed by atoms with Crippen LogP contribution in [0.3, 0.4) is 0 Å². The van der Waals surface area contributed by atoms with Crippen molar-refractivity contribution in [3.8, 4) is 11.3 Å². The van der Waals surface area contributed by atoms with Gasteiger partial charge < -0.3 is 15.0 Å². The molecule has 0 atom stereocenters. The Kier molecular flexibility index (Phi) is 8.62. The fourth-order valence-electron chi connectivity index (χ4n) is 5.53. The summed E-state index contributed by atoms with van der Waals surface area (Å²) in [5.74, 6) is -3.21. The third-order valence-electron chi connectivity index (χ3n) is 7.57. The average molecular weight is 602 g/mol. The average Bonchev–Trinajstić information content (AvgIpc) is 3.15. The molecule has 0 saturated heterocycles. The van der Waals surface area contributed by atoms with E-state index in [-0.39, 0.29) is 42.1 Å². The third-order valence-corrected chi connectivity index (χ3v) is 9.39. The molecule has 3 N–H and O–H groups in total. The Morgan fingerprint density at radius 2 is 1.68 bits per heavy atom. The van der Waals surface area contributed by atoms with Gasteiger partial charge in [0.25, 0.3) is 5.91 Å². The molecule has 4 rings (SSSR count). The van der Waals surface area contributed by atoms with Crippen LogP contribution >= 0.6 is 0 Å². The zero-order valence-electron chi connectivity index (χ0n) is 23.1. The zero-order valence-corrected chi connectivity index (χ0v) is 24.0. The first kappa shape index (κ1) is 31.0. The van der Waals surface area contributed by atoms with Gasteiger partial charge in [-0.15, -0.1) is 0 Å². The maximum absolute atomic E-state index is 15.8. The van der Waals surface area contributed by atoms with Crippen molar-refractivity contribution in [2.24, 2.45) is 11.8 Å². The zero-order chi connectivity index (χ0) is 30.3. The fraction of sp³-hybridized carbons (Fsp3) is 0.571. The Balaban J connectivity index is 1.76. The highest BCUT2D eigenvalue weighted by Gasteiger charge is 2.39. The molecule has 0 unspecified atom stereocenters. The monoisotopic (exact) mass is 601 g/mol. The molecular formula is C28H35F4N3O5S. The van der Waals surface area contributed by atoms with Gasteiger partial charge in [-0.05, 0) is 76.1 Å². The summed E-state index contributed by atoms with van der Waals surface area (Å²) in [6.45, 7) is 4.66. The molecule has 2 aliphatic rings. The lowest BCUT2D eigenvalue weighted by atomic mass is 9.80. The van der Waals surface area contributed by atoms with Gasteiger partial charge in [0, 0.05) is 18.1 Å². The first-order chi connectivity index (χ1) is 19.0. The number of halogens is 4. The first-order valence-electron chi connectivity index (χ1n) is 13.6. The number of hydrogen-bond donors (Lipinski definition) is 3. The van der Waals surface area contributed by atoms with Crippen molar-refractivity contribution >= 4 is 21.9 Å². The number of sulfonamides is 1. The molecule has 1 aromatic heterocycles. The Hall–Kier alpha value is -2.93. The maximum Gasteiger partial charge on any atom is 0.417 e. The number of hydrogen-bond acceptors (Lipinski definition) is 4. The smallest absolute Gasteiger partial charge is 0.417 e. The van der Waals surface area contributed by atoms with E-state index in [0.717, 1.165) is 38.2 Å². The van der Waals surface area contributed by atoms with Gasteiger partial charge in [-0.1, -0.05) is 25.3 Å². The molecule has 8 nitrogen and oxygen atoms in total. The number of carboxylic acid groups (broad SMARTS) is 1. The lowest BCUT2D eigenvalue weighted by Gasteiger charge is -2.32. The summed E-state index contributed by atoms with van der Waals surface area (Å²) in [6.07, 6.45) is -0.110. The Morgan fingerprint density at radius 1 is 1.05 bits per heavy atom. The van der Waals surface area contributed by atoms with E-state index < -0.39 is 62.0 Å². The van der Waals surface area contributed by atoms with Crippen LogP contribution in [0.2, 0.25) is 0 Å². The minimum atomic E-state index is -5.04. The number of benzene rings is 1. The van der Waals surface area contributed by atoms with Crippen LogP contribution in [0.25, 0.3) is 11.3 Å². The van der Waals surface area contributed by atoms with Crippen molar-refractivity contribution in [2.45, 2.75) is 94.9 Å². The van der Waals surface area contributed by atoms with E-state index in [2.05, 4.69) is 10.0 Å². The van der Waals surface area contributed by atoms with Crippen LogP contribution in [0.1, 0.15) is 81.6 Å². The van der Waals surface area contributed by atoms with E-state index in [9.17, 15) is 31.2 Å². The van der Waals surface area contributed by atoms with Crippen molar-refractivity contribution in [2.75, 3.05) is 0 Å². The number of aliphatic carboxylic acids is 1. The van der Waals surface area contributed by atoms with Crippen molar-refractivity contribution in [1.29, 1.82) is 0 Å². The predicted molar refractivity (Wildman–Crippen MR) is 143 cm³/mol. The van der Waals surface area contributed by atoms with Crippen molar-refractivity contribution in [1.82, 2.24) is 14.6 Å². The van der Waals surface area contributed by atoms with Crippen molar-refractivity contribution < 1.29 is 40.7 Å². The fourth-order valence-corrected chi connectivity index (χ4v) is 7.16. The molecule has 41 heavy (non-hydrogen) atoms. The van der Waals surface area contributed by atoms with Gasteiger partial charge in [0.15, 0.2) is 0 Å². The summed E-state index contributed by atoms with van der Waals surface area (Å²) in [4.78, 5) is 23.1. The van der Waals surface area contributed by atoms with Gasteiger partial charge >= 0.3 is 12.1 Å². The van der Waals surface area contributed by atoms with Crippen molar-refractivity contribution in [3.63, 3.8) is 0 Å². The van der Waals surface area contributed by atoms with Crippen LogP contribution < -0.4 is 10.0 Å². The van der Waals surface area contributed by atoms with E-state index in [4.69, 9.17) is 5.11 Å². The van der Waals surface area contributed by atoms with E-state index in [0.29, 0.717) is 6.07 Å². The molecule has 0 aliphatic heterocycles. The Labute approximate surface area is 236 Å². The van der Waals surface area contributed by atoms with Crippen LogP contribution in [-0.4, -0.2) is 41.5 Å². The summed E-state index contributed by atoms with van der Waals surface area (Å²) >= 11 is 0. The Bertz CT molecular complexity index is 1420. The molecule has 2 saturated carbocycles. The Morgan fingerprint density at radius 3 is 2.24 bits per heavy atom. The van der Waals surface area contributed by atoms with Crippen LogP contribution in [-0.2, 0) is 27.5 Å². The number of carboxylic acids is 1. The maximum atomic E-state index is 15.8. The number of rotatable bonds is 8. The second-order valence-corrected chi connectivity index (χ2v) is 13.7. The molecule has 226 valence electrons. The van der Waals surface area contributed by atoms with Crippen LogP contribution in [0.5, 0.6) is 0 Å². The highest BCUT2D eigenvalue weighted by Crippen LogP contribution is 2.39. The minimum absolute atomic E-state index is 0.0217. The standard InChI is InChI=1S/C28H35F4N3O5S/c1-27(2,3)34-41(39,40)23-10-9-17(13-21(23)28(30,31)32)22-14-20(25(36)33-19-11-18(12-19)26(37)38)24(29)35(22)15-16-7-5-4-6-8-16/h9-10,13-14,16,18-19,34H,4-8,11-12,15H2,1-3H3,(H,33,36)(H,37,38). The van der Waals surface area contributed by atoms with Crippen molar-refractivity contribution in [3.05, 3.63) is 41.3 Å². The quantitative estimate of drug-likeness (QED) is 0.343. The molecule has 0 radical (unpaired) electrons. The summed E-state index contributed by atoms with van der Waals surface area (Å²) in [5, 5.41) is 11.7. The van der Waals surface area contributed by atoms with Gasteiger partial charge in [-0.25, -0.2) is 13.1 Å². The number of aromatic nitrogens is 1. The number of carbonyl (C=O) groups excluding carboxylic acids is 1. The van der Waals surface area contributed by atoms with Crippen LogP contribution in [0.4, 0.5) is 17.6 Å². The highest BCUT2D eigenvalue weighted by molar-refractivity contribution is 7.89. The number of alkyl halides is 3. The summed E-state index contributed by atoms with van der Waals surface area (Å²) in [6, 6.07) is 3.43. The molecule has 2 aliphatic carbocycles. The molecule has 1 aromatic carbocycles. The second kappa shape index (κ2) is 11.4. The SMILES string of the molecule is CC(C)(C)NS(=O)(=O)c1ccc(-c2cc(C(=O)NC3CC(C(=O)O)C3)c(F)n2CC2CCCCC2)cc1C(F)(F)F.